The fourth-order valence-corrected chi connectivity index (χ4v) is 5.90. The summed E-state index contributed by atoms with van der Waals surface area (Å²) in [5, 5.41) is 0. The average Bonchev–Trinajstić information content (AvgIpc) is 3.27. The van der Waals surface area contributed by atoms with Crippen LogP contribution >= 0.6 is 0 Å². The first-order valence-corrected chi connectivity index (χ1v) is 14.9. The van der Waals surface area contributed by atoms with Crippen molar-refractivity contribution in [2.45, 2.75) is 45.0 Å². The smallest absolute Gasteiger partial charge is 0.410 e. The average molecular weight is 541 g/mol. The SMILES string of the molecule is CC(C)(C)OC(=O)N1CCC(COS(C)(=O)=O)(C(=O)c2cccn2S(=O)(=O)Cc2ccccc2)CC1. The molecule has 1 aliphatic heterocycles. The molecular formula is C24H32N2O8S2. The minimum atomic E-state index is -3.95. The van der Waals surface area contributed by atoms with Crippen molar-refractivity contribution in [2.75, 3.05) is 26.0 Å². The number of carbonyl (C=O) groups is 2. The van der Waals surface area contributed by atoms with E-state index in [1.54, 1.807) is 51.1 Å². The van der Waals surface area contributed by atoms with Gasteiger partial charge in [-0.05, 0) is 51.3 Å². The molecule has 0 unspecified atom stereocenters. The number of rotatable bonds is 8. The summed E-state index contributed by atoms with van der Waals surface area (Å²) in [7, 11) is -7.83. The van der Waals surface area contributed by atoms with E-state index < -0.39 is 49.6 Å². The van der Waals surface area contributed by atoms with Crippen LogP contribution in [0.5, 0.6) is 0 Å². The largest absolute Gasteiger partial charge is 0.444 e. The van der Waals surface area contributed by atoms with Gasteiger partial charge in [-0.1, -0.05) is 30.3 Å². The molecule has 2 heterocycles. The van der Waals surface area contributed by atoms with Gasteiger partial charge in [-0.15, -0.1) is 0 Å². The number of ketones is 1. The number of amides is 1. The van der Waals surface area contributed by atoms with E-state index >= 15 is 0 Å². The van der Waals surface area contributed by atoms with Crippen LogP contribution in [0.4, 0.5) is 4.79 Å². The standard InChI is InChI=1S/C24H32N2O8S2/c1-23(2,3)34-22(28)25-15-12-24(13-16-25,18-33-35(4,29)30)21(27)20-11-8-14-26(20)36(31,32)17-19-9-6-5-7-10-19/h5-11,14H,12-13,15-18H2,1-4H3. The van der Waals surface area contributed by atoms with E-state index in [2.05, 4.69) is 0 Å². The first kappa shape index (κ1) is 27.9. The molecule has 1 fully saturated rings. The number of likely N-dealkylation sites (tertiary alicyclic amines) is 1. The molecule has 3 rings (SSSR count). The Morgan fingerprint density at radius 2 is 1.58 bits per heavy atom. The van der Waals surface area contributed by atoms with E-state index in [9.17, 15) is 26.4 Å². The van der Waals surface area contributed by atoms with E-state index in [0.717, 1.165) is 10.2 Å². The number of benzene rings is 1. The van der Waals surface area contributed by atoms with E-state index in [1.807, 2.05) is 0 Å². The first-order chi connectivity index (χ1) is 16.6. The van der Waals surface area contributed by atoms with Crippen LogP contribution < -0.4 is 0 Å². The third-order valence-electron chi connectivity index (χ3n) is 5.84. The molecule has 0 atom stereocenters. The van der Waals surface area contributed by atoms with Gasteiger partial charge in [-0.2, -0.15) is 8.42 Å². The van der Waals surface area contributed by atoms with Crippen LogP contribution in [0.3, 0.4) is 0 Å². The van der Waals surface area contributed by atoms with Crippen molar-refractivity contribution in [3.63, 3.8) is 0 Å². The number of aromatic nitrogens is 1. The Bertz CT molecular complexity index is 1300. The Morgan fingerprint density at radius 3 is 2.14 bits per heavy atom. The van der Waals surface area contributed by atoms with E-state index in [4.69, 9.17) is 8.92 Å². The zero-order valence-electron chi connectivity index (χ0n) is 20.8. The van der Waals surface area contributed by atoms with Gasteiger partial charge in [0, 0.05) is 19.3 Å². The third-order valence-corrected chi connectivity index (χ3v) is 8.00. The number of nitrogens with zero attached hydrogens (tertiary/aromatic N) is 2. The summed E-state index contributed by atoms with van der Waals surface area (Å²) < 4.78 is 61.3. The predicted octanol–water partition coefficient (Wildman–Crippen LogP) is 3.04. The first-order valence-electron chi connectivity index (χ1n) is 11.4. The summed E-state index contributed by atoms with van der Waals surface area (Å²) in [6.07, 6.45) is 1.79. The Balaban J connectivity index is 1.89. The number of hydrogen-bond donors (Lipinski definition) is 0. The van der Waals surface area contributed by atoms with Crippen molar-refractivity contribution in [2.24, 2.45) is 5.41 Å². The number of Topliss-reactive ketones (excluding diaryl/α,β-unsaturated/α-hetero) is 1. The quantitative estimate of drug-likeness (QED) is 0.369. The van der Waals surface area contributed by atoms with Crippen LogP contribution in [-0.2, 0) is 34.8 Å². The van der Waals surface area contributed by atoms with Crippen molar-refractivity contribution in [1.29, 1.82) is 0 Å². The van der Waals surface area contributed by atoms with Crippen LogP contribution in [0.2, 0.25) is 0 Å². The Labute approximate surface area is 212 Å². The molecule has 12 heteroatoms. The predicted molar refractivity (Wildman–Crippen MR) is 133 cm³/mol. The van der Waals surface area contributed by atoms with E-state index in [0.29, 0.717) is 5.56 Å². The van der Waals surface area contributed by atoms with Gasteiger partial charge in [0.15, 0.2) is 5.78 Å². The fraction of sp³-hybridized carbons (Fsp3) is 0.500. The second kappa shape index (κ2) is 10.3. The summed E-state index contributed by atoms with van der Waals surface area (Å²) in [4.78, 5) is 27.8. The van der Waals surface area contributed by atoms with Gasteiger partial charge in [0.25, 0.3) is 10.1 Å². The van der Waals surface area contributed by atoms with Crippen molar-refractivity contribution >= 4 is 32.0 Å². The van der Waals surface area contributed by atoms with Gasteiger partial charge in [0.1, 0.15) is 11.3 Å². The van der Waals surface area contributed by atoms with Crippen LogP contribution in [0.1, 0.15) is 49.7 Å². The highest BCUT2D eigenvalue weighted by molar-refractivity contribution is 7.89. The molecule has 1 aromatic heterocycles. The van der Waals surface area contributed by atoms with Gasteiger partial charge in [-0.3, -0.25) is 8.98 Å². The summed E-state index contributed by atoms with van der Waals surface area (Å²) in [5.74, 6) is -0.876. The normalized spacial score (nSPS) is 16.5. The summed E-state index contributed by atoms with van der Waals surface area (Å²) in [6.45, 7) is 5.00. The minimum Gasteiger partial charge on any atom is -0.444 e. The van der Waals surface area contributed by atoms with E-state index in [-0.39, 0.29) is 37.4 Å². The minimum absolute atomic E-state index is 0.0739. The second-order valence-corrected chi connectivity index (χ2v) is 13.5. The number of ether oxygens (including phenoxy) is 1. The summed E-state index contributed by atoms with van der Waals surface area (Å²) in [6, 6.07) is 11.4. The zero-order chi connectivity index (χ0) is 26.8. The Morgan fingerprint density at radius 1 is 0.972 bits per heavy atom. The molecule has 1 amide bonds. The number of carbonyl (C=O) groups excluding carboxylic acids is 2. The molecule has 0 spiro atoms. The lowest BCUT2D eigenvalue weighted by Gasteiger charge is -2.40. The summed E-state index contributed by atoms with van der Waals surface area (Å²) >= 11 is 0. The maximum Gasteiger partial charge on any atom is 0.410 e. The van der Waals surface area contributed by atoms with Gasteiger partial charge in [0.2, 0.25) is 10.0 Å². The highest BCUT2D eigenvalue weighted by Gasteiger charge is 2.45. The Kier molecular flexibility index (Phi) is 8.01. The molecule has 0 aliphatic carbocycles. The third kappa shape index (κ3) is 6.95. The molecule has 0 saturated carbocycles. The highest BCUT2D eigenvalue weighted by atomic mass is 32.2. The zero-order valence-corrected chi connectivity index (χ0v) is 22.5. The van der Waals surface area contributed by atoms with Crippen molar-refractivity contribution < 1.29 is 35.3 Å². The Hall–Kier alpha value is -2.70. The molecule has 36 heavy (non-hydrogen) atoms. The van der Waals surface area contributed by atoms with Gasteiger partial charge in [0.05, 0.1) is 24.0 Å². The van der Waals surface area contributed by atoms with Crippen LogP contribution in [-0.4, -0.2) is 69.1 Å². The lowest BCUT2D eigenvalue weighted by Crippen LogP contribution is -2.50. The molecule has 0 N–H and O–H groups in total. The molecule has 10 nitrogen and oxygen atoms in total. The molecular weight excluding hydrogens is 508 g/mol. The molecule has 1 aromatic carbocycles. The number of piperidine rings is 1. The maximum absolute atomic E-state index is 13.8. The summed E-state index contributed by atoms with van der Waals surface area (Å²) in [5.41, 5.74) is -1.58. The van der Waals surface area contributed by atoms with Crippen LogP contribution in [0.25, 0.3) is 0 Å². The lowest BCUT2D eigenvalue weighted by molar-refractivity contribution is 0.00458. The van der Waals surface area contributed by atoms with E-state index in [1.165, 1.54) is 23.2 Å². The highest BCUT2D eigenvalue weighted by Crippen LogP contribution is 2.37. The van der Waals surface area contributed by atoms with Crippen molar-refractivity contribution in [3.05, 3.63) is 59.9 Å². The van der Waals surface area contributed by atoms with Crippen LogP contribution in [0.15, 0.2) is 48.7 Å². The molecule has 2 aromatic rings. The van der Waals surface area contributed by atoms with Crippen molar-refractivity contribution in [3.8, 4) is 0 Å². The van der Waals surface area contributed by atoms with Gasteiger partial charge in [-0.25, -0.2) is 17.2 Å². The molecule has 198 valence electrons. The van der Waals surface area contributed by atoms with Gasteiger partial charge < -0.3 is 9.64 Å². The molecule has 0 bridgehead atoms. The maximum atomic E-state index is 13.8. The lowest BCUT2D eigenvalue weighted by atomic mass is 9.74. The van der Waals surface area contributed by atoms with Crippen LogP contribution in [0, 0.1) is 5.41 Å². The molecule has 1 aliphatic rings. The number of hydrogen-bond acceptors (Lipinski definition) is 8. The monoisotopic (exact) mass is 540 g/mol. The topological polar surface area (TPSA) is 129 Å². The van der Waals surface area contributed by atoms with Gasteiger partial charge >= 0.3 is 6.09 Å². The van der Waals surface area contributed by atoms with Crippen molar-refractivity contribution in [1.82, 2.24) is 8.87 Å². The fourth-order valence-electron chi connectivity index (χ4n) is 4.01. The molecule has 1 saturated heterocycles. The molecule has 0 radical (unpaired) electrons. The second-order valence-electron chi connectivity index (χ2n) is 9.97.